The quantitative estimate of drug-likeness (QED) is 0.249. The topological polar surface area (TPSA) is 50.1 Å². The fourth-order valence-electron chi connectivity index (χ4n) is 3.57. The summed E-state index contributed by atoms with van der Waals surface area (Å²) in [5, 5.41) is 8.92. The molecule has 0 saturated carbocycles. The number of carbonyl (C=O) groups excluding carboxylic acids is 1. The van der Waals surface area contributed by atoms with Gasteiger partial charge in [0.25, 0.3) is 0 Å². The van der Waals surface area contributed by atoms with Crippen molar-refractivity contribution in [3.05, 3.63) is 114 Å². The summed E-state index contributed by atoms with van der Waals surface area (Å²) in [4.78, 5) is 12.6. The lowest BCUT2D eigenvalue weighted by atomic mass is 10.0. The first-order chi connectivity index (χ1) is 15.7. The van der Waals surface area contributed by atoms with E-state index in [9.17, 15) is 4.79 Å². The van der Waals surface area contributed by atoms with E-state index in [1.165, 1.54) is 5.56 Å². The van der Waals surface area contributed by atoms with Gasteiger partial charge in [-0.05, 0) is 70.6 Å². The Kier molecular flexibility index (Phi) is 6.43. The van der Waals surface area contributed by atoms with Crippen LogP contribution in [-0.4, -0.2) is 5.97 Å². The number of nitriles is 1. The molecule has 3 heteroatoms. The lowest BCUT2D eigenvalue weighted by molar-refractivity contribution is 0.0735. The first-order valence-electron chi connectivity index (χ1n) is 10.7. The van der Waals surface area contributed by atoms with Crippen molar-refractivity contribution in [2.75, 3.05) is 0 Å². The zero-order valence-electron chi connectivity index (χ0n) is 17.9. The summed E-state index contributed by atoms with van der Waals surface area (Å²) in [6.07, 6.45) is 2.22. The van der Waals surface area contributed by atoms with E-state index in [0.29, 0.717) is 16.9 Å². The Morgan fingerprint density at radius 1 is 0.719 bits per heavy atom. The molecule has 0 aromatic heterocycles. The van der Waals surface area contributed by atoms with Crippen molar-refractivity contribution in [1.82, 2.24) is 0 Å². The number of ether oxygens (including phenoxy) is 1. The Morgan fingerprint density at radius 3 is 1.69 bits per heavy atom. The minimum absolute atomic E-state index is 0.388. The van der Waals surface area contributed by atoms with E-state index in [4.69, 9.17) is 10.00 Å². The van der Waals surface area contributed by atoms with Gasteiger partial charge in [0.05, 0.1) is 17.2 Å². The van der Waals surface area contributed by atoms with E-state index in [0.717, 1.165) is 35.1 Å². The fourth-order valence-corrected chi connectivity index (χ4v) is 3.57. The van der Waals surface area contributed by atoms with Crippen LogP contribution in [0.5, 0.6) is 5.75 Å². The van der Waals surface area contributed by atoms with Crippen LogP contribution in [0.15, 0.2) is 97.1 Å². The van der Waals surface area contributed by atoms with Crippen LogP contribution >= 0.6 is 0 Å². The van der Waals surface area contributed by atoms with E-state index in [1.807, 2.05) is 36.4 Å². The molecule has 4 aromatic carbocycles. The summed E-state index contributed by atoms with van der Waals surface area (Å²) < 4.78 is 5.53. The maximum absolute atomic E-state index is 12.6. The lowest BCUT2D eigenvalue weighted by Crippen LogP contribution is -2.08. The Labute approximate surface area is 188 Å². The van der Waals surface area contributed by atoms with Gasteiger partial charge in [-0.1, -0.05) is 74.0 Å². The number of esters is 1. The van der Waals surface area contributed by atoms with Crippen molar-refractivity contribution < 1.29 is 9.53 Å². The molecule has 0 amide bonds. The first-order valence-corrected chi connectivity index (χ1v) is 10.7. The van der Waals surface area contributed by atoms with Gasteiger partial charge in [-0.25, -0.2) is 4.79 Å². The number of rotatable bonds is 6. The van der Waals surface area contributed by atoms with Crippen LogP contribution in [0.1, 0.15) is 34.8 Å². The van der Waals surface area contributed by atoms with Gasteiger partial charge in [-0.2, -0.15) is 5.26 Å². The molecule has 0 fully saturated rings. The monoisotopic (exact) mass is 417 g/mol. The van der Waals surface area contributed by atoms with Crippen LogP contribution < -0.4 is 4.74 Å². The van der Waals surface area contributed by atoms with Gasteiger partial charge in [0.1, 0.15) is 5.75 Å². The third-order valence-electron chi connectivity index (χ3n) is 5.36. The molecule has 4 rings (SSSR count). The Hall–Kier alpha value is -4.16. The Bertz CT molecular complexity index is 1230. The SMILES string of the molecule is CCCc1ccc(-c2ccc(C(=O)Oc3ccc(-c4ccc(C#N)cc4)cc3)cc2)cc1. The molecule has 0 N–H and O–H groups in total. The van der Waals surface area contributed by atoms with Gasteiger partial charge >= 0.3 is 5.97 Å². The standard InChI is InChI=1S/C29H23NO2/c1-2-3-21-4-8-23(9-5-21)25-12-14-27(15-13-25)29(31)32-28-18-16-26(17-19-28)24-10-6-22(20-30)7-11-24/h4-19H,2-3H2,1H3. The molecule has 0 heterocycles. The van der Waals surface area contributed by atoms with E-state index in [2.05, 4.69) is 37.3 Å². The highest BCUT2D eigenvalue weighted by molar-refractivity contribution is 5.91. The molecule has 0 unspecified atom stereocenters. The molecule has 32 heavy (non-hydrogen) atoms. The zero-order chi connectivity index (χ0) is 22.3. The van der Waals surface area contributed by atoms with Crippen LogP contribution in [0.2, 0.25) is 0 Å². The van der Waals surface area contributed by atoms with Gasteiger partial charge in [-0.3, -0.25) is 0 Å². The summed E-state index contributed by atoms with van der Waals surface area (Å²) in [6.45, 7) is 2.18. The minimum atomic E-state index is -0.388. The minimum Gasteiger partial charge on any atom is -0.423 e. The third-order valence-corrected chi connectivity index (χ3v) is 5.36. The van der Waals surface area contributed by atoms with E-state index < -0.39 is 0 Å². The molecule has 0 aliphatic rings. The van der Waals surface area contributed by atoms with Crippen molar-refractivity contribution in [1.29, 1.82) is 5.26 Å². The predicted molar refractivity (Wildman–Crippen MR) is 127 cm³/mol. The summed E-state index contributed by atoms with van der Waals surface area (Å²) in [5.41, 5.74) is 6.65. The molecular weight excluding hydrogens is 394 g/mol. The Morgan fingerprint density at radius 2 is 1.19 bits per heavy atom. The first kappa shape index (κ1) is 21.1. The number of hydrogen-bond donors (Lipinski definition) is 0. The van der Waals surface area contributed by atoms with E-state index >= 15 is 0 Å². The molecule has 3 nitrogen and oxygen atoms in total. The Balaban J connectivity index is 1.41. The van der Waals surface area contributed by atoms with Crippen molar-refractivity contribution in [2.24, 2.45) is 0 Å². The van der Waals surface area contributed by atoms with Crippen molar-refractivity contribution in [3.8, 4) is 34.1 Å². The van der Waals surface area contributed by atoms with Crippen LogP contribution in [-0.2, 0) is 6.42 Å². The van der Waals surface area contributed by atoms with E-state index in [-0.39, 0.29) is 5.97 Å². The average molecular weight is 418 g/mol. The fraction of sp³-hybridized carbons (Fsp3) is 0.103. The van der Waals surface area contributed by atoms with Gasteiger partial charge < -0.3 is 4.74 Å². The van der Waals surface area contributed by atoms with Crippen molar-refractivity contribution in [3.63, 3.8) is 0 Å². The third kappa shape index (κ3) is 4.94. The number of hydrogen-bond acceptors (Lipinski definition) is 3. The van der Waals surface area contributed by atoms with Crippen molar-refractivity contribution >= 4 is 5.97 Å². The predicted octanol–water partition coefficient (Wildman–Crippen LogP) is 7.06. The van der Waals surface area contributed by atoms with Crippen LogP contribution in [0, 0.1) is 11.3 Å². The maximum atomic E-state index is 12.6. The number of carbonyl (C=O) groups is 1. The summed E-state index contributed by atoms with van der Waals surface area (Å²) in [5.74, 6) is 0.101. The smallest absolute Gasteiger partial charge is 0.343 e. The average Bonchev–Trinajstić information content (AvgIpc) is 2.85. The van der Waals surface area contributed by atoms with Crippen LogP contribution in [0.4, 0.5) is 0 Å². The summed E-state index contributed by atoms with van der Waals surface area (Å²) in [7, 11) is 0. The maximum Gasteiger partial charge on any atom is 0.343 e. The molecule has 0 atom stereocenters. The second kappa shape index (κ2) is 9.76. The highest BCUT2D eigenvalue weighted by Crippen LogP contribution is 2.24. The summed E-state index contributed by atoms with van der Waals surface area (Å²) >= 11 is 0. The highest BCUT2D eigenvalue weighted by Gasteiger charge is 2.09. The summed E-state index contributed by atoms with van der Waals surface area (Å²) in [6, 6.07) is 32.9. The molecule has 0 bridgehead atoms. The largest absolute Gasteiger partial charge is 0.423 e. The van der Waals surface area contributed by atoms with Crippen LogP contribution in [0.25, 0.3) is 22.3 Å². The molecular formula is C29H23NO2. The normalized spacial score (nSPS) is 10.4. The van der Waals surface area contributed by atoms with Gasteiger partial charge in [0, 0.05) is 0 Å². The number of nitrogens with zero attached hydrogens (tertiary/aromatic N) is 1. The van der Waals surface area contributed by atoms with Crippen LogP contribution in [0.3, 0.4) is 0 Å². The second-order valence-corrected chi connectivity index (χ2v) is 7.63. The molecule has 0 saturated heterocycles. The van der Waals surface area contributed by atoms with E-state index in [1.54, 1.807) is 36.4 Å². The molecule has 156 valence electrons. The second-order valence-electron chi connectivity index (χ2n) is 7.63. The molecule has 4 aromatic rings. The lowest BCUT2D eigenvalue weighted by Gasteiger charge is -2.08. The molecule has 0 aliphatic heterocycles. The number of aryl methyl sites for hydroxylation is 1. The van der Waals surface area contributed by atoms with Gasteiger partial charge in [0.2, 0.25) is 0 Å². The van der Waals surface area contributed by atoms with Gasteiger partial charge in [-0.15, -0.1) is 0 Å². The molecule has 0 aliphatic carbocycles. The highest BCUT2D eigenvalue weighted by atomic mass is 16.5. The zero-order valence-corrected chi connectivity index (χ0v) is 17.9. The molecule has 0 spiro atoms. The van der Waals surface area contributed by atoms with Crippen molar-refractivity contribution in [2.45, 2.75) is 19.8 Å². The van der Waals surface area contributed by atoms with Gasteiger partial charge in [0.15, 0.2) is 0 Å². The molecule has 0 radical (unpaired) electrons. The number of benzene rings is 4.